The molecule has 2 rings (SSSR count). The van der Waals surface area contributed by atoms with Gasteiger partial charge in [0.05, 0.1) is 5.69 Å². The van der Waals surface area contributed by atoms with Crippen molar-refractivity contribution in [3.63, 3.8) is 0 Å². The van der Waals surface area contributed by atoms with Gasteiger partial charge >= 0.3 is 6.03 Å². The number of hydrogen-bond donors (Lipinski definition) is 2. The zero-order valence-electron chi connectivity index (χ0n) is 6.49. The van der Waals surface area contributed by atoms with Crippen LogP contribution in [-0.2, 0) is 0 Å². The number of urea groups is 1. The van der Waals surface area contributed by atoms with E-state index in [0.29, 0.717) is 11.5 Å². The average Bonchev–Trinajstić information content (AvgIpc) is 2.46. The SMILES string of the molecule is NC(=O)N1[CH]Nc2ncc(Br)cc21. The molecule has 0 fully saturated rings. The molecule has 1 radical (unpaired) electrons. The Bertz CT molecular complexity index is 368. The van der Waals surface area contributed by atoms with Gasteiger partial charge in [-0.15, -0.1) is 0 Å². The molecule has 6 heteroatoms. The first-order valence-electron chi connectivity index (χ1n) is 3.52. The molecule has 0 atom stereocenters. The predicted molar refractivity (Wildman–Crippen MR) is 51.9 cm³/mol. The van der Waals surface area contributed by atoms with Gasteiger partial charge in [-0.1, -0.05) is 0 Å². The molecule has 67 valence electrons. The van der Waals surface area contributed by atoms with Crippen LogP contribution >= 0.6 is 15.9 Å². The Hall–Kier alpha value is -1.30. The first-order valence-corrected chi connectivity index (χ1v) is 4.32. The molecule has 0 saturated carbocycles. The topological polar surface area (TPSA) is 71.2 Å². The summed E-state index contributed by atoms with van der Waals surface area (Å²) in [7, 11) is 0. The van der Waals surface area contributed by atoms with Gasteiger partial charge in [-0.3, -0.25) is 4.90 Å². The maximum atomic E-state index is 10.9. The first-order chi connectivity index (χ1) is 6.18. The number of carbonyl (C=O) groups excluding carboxylic acids is 1. The lowest BCUT2D eigenvalue weighted by atomic mass is 10.4. The number of rotatable bonds is 0. The van der Waals surface area contributed by atoms with Crippen LogP contribution in [0.15, 0.2) is 16.7 Å². The lowest BCUT2D eigenvalue weighted by Crippen LogP contribution is -2.31. The lowest BCUT2D eigenvalue weighted by molar-refractivity contribution is 0.255. The number of fused-ring (bicyclic) bond motifs is 1. The number of nitrogens with one attached hydrogen (secondary N) is 1. The summed E-state index contributed by atoms with van der Waals surface area (Å²) in [6.45, 7) is 1.48. The molecule has 1 aromatic rings. The highest BCUT2D eigenvalue weighted by atomic mass is 79.9. The van der Waals surface area contributed by atoms with E-state index >= 15 is 0 Å². The highest BCUT2D eigenvalue weighted by molar-refractivity contribution is 9.10. The number of anilines is 2. The van der Waals surface area contributed by atoms with E-state index in [9.17, 15) is 4.79 Å². The second-order valence-corrected chi connectivity index (χ2v) is 3.42. The molecule has 5 nitrogen and oxygen atoms in total. The molecule has 2 heterocycles. The summed E-state index contributed by atoms with van der Waals surface area (Å²) in [6.07, 6.45) is 1.64. The quantitative estimate of drug-likeness (QED) is 0.719. The van der Waals surface area contributed by atoms with Crippen molar-refractivity contribution in [1.82, 2.24) is 4.98 Å². The van der Waals surface area contributed by atoms with Crippen molar-refractivity contribution in [3.8, 4) is 0 Å². The van der Waals surface area contributed by atoms with Crippen molar-refractivity contribution in [2.24, 2.45) is 5.73 Å². The molecule has 0 aliphatic carbocycles. The molecule has 1 aliphatic heterocycles. The van der Waals surface area contributed by atoms with Crippen LogP contribution in [0.3, 0.4) is 0 Å². The molecule has 3 N–H and O–H groups in total. The summed E-state index contributed by atoms with van der Waals surface area (Å²) in [5.74, 6) is 0.627. The average molecular weight is 242 g/mol. The fourth-order valence-corrected chi connectivity index (χ4v) is 1.42. The van der Waals surface area contributed by atoms with Crippen LogP contribution in [0.4, 0.5) is 16.3 Å². The zero-order valence-corrected chi connectivity index (χ0v) is 8.08. The maximum Gasteiger partial charge on any atom is 0.321 e. The van der Waals surface area contributed by atoms with Crippen molar-refractivity contribution in [2.75, 3.05) is 10.2 Å². The highest BCUT2D eigenvalue weighted by Gasteiger charge is 2.24. The Morgan fingerprint density at radius 2 is 2.46 bits per heavy atom. The molecule has 0 unspecified atom stereocenters. The number of nitrogens with zero attached hydrogens (tertiary/aromatic N) is 2. The summed E-state index contributed by atoms with van der Waals surface area (Å²) in [4.78, 5) is 16.3. The Morgan fingerprint density at radius 3 is 3.15 bits per heavy atom. The number of halogens is 1. The van der Waals surface area contributed by atoms with E-state index in [-0.39, 0.29) is 0 Å². The maximum absolute atomic E-state index is 10.9. The number of pyridine rings is 1. The minimum Gasteiger partial charge on any atom is -0.351 e. The molecule has 0 bridgehead atoms. The molecule has 2 amide bonds. The number of amides is 2. The Balaban J connectivity index is 2.46. The third-order valence-electron chi connectivity index (χ3n) is 1.66. The molecule has 1 aromatic heterocycles. The van der Waals surface area contributed by atoms with Gasteiger partial charge < -0.3 is 11.1 Å². The van der Waals surface area contributed by atoms with E-state index in [1.807, 2.05) is 0 Å². The minimum absolute atomic E-state index is 0.536. The van der Waals surface area contributed by atoms with Crippen LogP contribution < -0.4 is 16.0 Å². The van der Waals surface area contributed by atoms with Crippen LogP contribution in [-0.4, -0.2) is 11.0 Å². The summed E-state index contributed by atoms with van der Waals surface area (Å²) in [5, 5.41) is 2.83. The van der Waals surface area contributed by atoms with E-state index in [2.05, 4.69) is 26.2 Å². The zero-order chi connectivity index (χ0) is 9.42. The molecule has 0 aromatic carbocycles. The lowest BCUT2D eigenvalue weighted by Gasteiger charge is -2.10. The first kappa shape index (κ1) is 8.31. The fourth-order valence-electron chi connectivity index (χ4n) is 1.10. The van der Waals surface area contributed by atoms with Gasteiger partial charge in [-0.2, -0.15) is 0 Å². The van der Waals surface area contributed by atoms with Crippen LogP contribution in [0.1, 0.15) is 0 Å². The number of hydrogen-bond acceptors (Lipinski definition) is 3. The van der Waals surface area contributed by atoms with Crippen LogP contribution in [0, 0.1) is 6.67 Å². The number of carbonyl (C=O) groups is 1. The summed E-state index contributed by atoms with van der Waals surface area (Å²) >= 11 is 3.26. The largest absolute Gasteiger partial charge is 0.351 e. The third kappa shape index (κ3) is 1.33. The monoisotopic (exact) mass is 241 g/mol. The summed E-state index contributed by atoms with van der Waals surface area (Å²) < 4.78 is 0.801. The molecule has 1 aliphatic rings. The number of nitrogens with two attached hydrogens (primary N) is 1. The van der Waals surface area contributed by atoms with E-state index in [4.69, 9.17) is 5.73 Å². The second kappa shape index (κ2) is 2.88. The van der Waals surface area contributed by atoms with Gasteiger partial charge in [0.15, 0.2) is 5.82 Å². The van der Waals surface area contributed by atoms with Crippen LogP contribution in [0.25, 0.3) is 0 Å². The minimum atomic E-state index is -0.536. The van der Waals surface area contributed by atoms with Crippen molar-refractivity contribution < 1.29 is 4.79 Å². The molecule has 0 saturated heterocycles. The summed E-state index contributed by atoms with van der Waals surface area (Å²) in [5.41, 5.74) is 5.79. The molecule has 13 heavy (non-hydrogen) atoms. The van der Waals surface area contributed by atoms with E-state index in [1.165, 1.54) is 11.6 Å². The molecule has 0 spiro atoms. The van der Waals surface area contributed by atoms with Crippen molar-refractivity contribution >= 4 is 33.5 Å². The summed E-state index contributed by atoms with van der Waals surface area (Å²) in [6, 6.07) is 1.23. The fraction of sp³-hybridized carbons (Fsp3) is 0. The van der Waals surface area contributed by atoms with Gasteiger partial charge in [0.25, 0.3) is 0 Å². The standard InChI is InChI=1S/C7H6BrN4O/c8-4-1-5-6(10-2-4)11-3-12(5)7(9)13/h1-3H,(H2,9,13)(H,10,11). The predicted octanol–water partition coefficient (Wildman–Crippen LogP) is 1.27. The van der Waals surface area contributed by atoms with E-state index in [0.717, 1.165) is 4.47 Å². The number of primary amides is 1. The Kier molecular flexibility index (Phi) is 1.84. The van der Waals surface area contributed by atoms with Crippen molar-refractivity contribution in [2.45, 2.75) is 0 Å². The van der Waals surface area contributed by atoms with Crippen molar-refractivity contribution in [1.29, 1.82) is 0 Å². The third-order valence-corrected chi connectivity index (χ3v) is 2.10. The Morgan fingerprint density at radius 1 is 1.69 bits per heavy atom. The van der Waals surface area contributed by atoms with E-state index < -0.39 is 6.03 Å². The van der Waals surface area contributed by atoms with Gasteiger partial charge in [-0.05, 0) is 22.0 Å². The van der Waals surface area contributed by atoms with Gasteiger partial charge in [0.1, 0.15) is 6.67 Å². The smallest absolute Gasteiger partial charge is 0.321 e. The van der Waals surface area contributed by atoms with Crippen LogP contribution in [0.5, 0.6) is 0 Å². The second-order valence-electron chi connectivity index (χ2n) is 2.50. The van der Waals surface area contributed by atoms with Gasteiger partial charge in [0.2, 0.25) is 0 Å². The Labute approximate surface area is 83.1 Å². The molecular formula is C7H6BrN4O. The van der Waals surface area contributed by atoms with Crippen LogP contribution in [0.2, 0.25) is 0 Å². The highest BCUT2D eigenvalue weighted by Crippen LogP contribution is 2.32. The molecular weight excluding hydrogens is 236 g/mol. The van der Waals surface area contributed by atoms with Crippen molar-refractivity contribution in [3.05, 3.63) is 23.4 Å². The number of aromatic nitrogens is 1. The van der Waals surface area contributed by atoms with E-state index in [1.54, 1.807) is 12.3 Å². The normalized spacial score (nSPS) is 13.8. The van der Waals surface area contributed by atoms with Gasteiger partial charge in [0, 0.05) is 10.7 Å². The van der Waals surface area contributed by atoms with Gasteiger partial charge in [-0.25, -0.2) is 9.78 Å².